The number of amides is 1. The summed E-state index contributed by atoms with van der Waals surface area (Å²) in [7, 11) is 2.39. The van der Waals surface area contributed by atoms with Crippen LogP contribution in [-0.2, 0) is 28.5 Å². The van der Waals surface area contributed by atoms with Crippen molar-refractivity contribution in [2.75, 3.05) is 50.4 Å². The summed E-state index contributed by atoms with van der Waals surface area (Å²) in [5, 5.41) is 2.81. The average molecular weight is 480 g/mol. The second-order valence-electron chi connectivity index (χ2n) is 8.90. The molecule has 0 aliphatic carbocycles. The molecule has 1 aromatic rings. The second kappa shape index (κ2) is 10.3. The highest BCUT2D eigenvalue weighted by atomic mass is 19.1. The first kappa shape index (κ1) is 25.3. The first-order valence-electron chi connectivity index (χ1n) is 10.8. The fourth-order valence-electron chi connectivity index (χ4n) is 3.92. The van der Waals surface area contributed by atoms with Crippen LogP contribution in [-0.4, -0.2) is 70.3 Å². The molecule has 10 nitrogen and oxygen atoms in total. The number of nitrogens with zero attached hydrogens (tertiary/aromatic N) is 2. The van der Waals surface area contributed by atoms with Crippen molar-refractivity contribution < 1.29 is 37.7 Å². The number of methoxy groups -OCH3 is 2. The summed E-state index contributed by atoms with van der Waals surface area (Å²) in [6.07, 6.45) is 0.0209. The van der Waals surface area contributed by atoms with Crippen molar-refractivity contribution in [2.45, 2.75) is 38.8 Å². The Labute approximate surface area is 197 Å². The van der Waals surface area contributed by atoms with Gasteiger partial charge in [-0.05, 0) is 39.3 Å². The third-order valence-corrected chi connectivity index (χ3v) is 5.31. The monoisotopic (exact) mass is 479 g/mol. The van der Waals surface area contributed by atoms with Gasteiger partial charge in [-0.2, -0.15) is 0 Å². The molecule has 1 atom stereocenters. The standard InChI is InChI=1S/C23H30FN3O7/c1-23(2,3)34-22(30)25-14-9-10-26(11-14)19-16(24)7-6-8-17(19)27-13-33-12-15(20(28)31-4)18(27)21(29)32-5/h6-8,14H,9-13H2,1-5H3,(H,25,30). The van der Waals surface area contributed by atoms with E-state index in [1.165, 1.54) is 31.3 Å². The minimum atomic E-state index is -0.773. The number of ether oxygens (including phenoxy) is 4. The second-order valence-corrected chi connectivity index (χ2v) is 8.90. The Morgan fingerprint density at radius 2 is 1.85 bits per heavy atom. The van der Waals surface area contributed by atoms with Crippen molar-refractivity contribution in [1.29, 1.82) is 0 Å². The van der Waals surface area contributed by atoms with Crippen LogP contribution in [0.25, 0.3) is 0 Å². The topological polar surface area (TPSA) is 107 Å². The van der Waals surface area contributed by atoms with Crippen molar-refractivity contribution >= 4 is 29.4 Å². The molecule has 1 fully saturated rings. The van der Waals surface area contributed by atoms with Crippen molar-refractivity contribution in [3.8, 4) is 0 Å². The van der Waals surface area contributed by atoms with Gasteiger partial charge in [0.2, 0.25) is 0 Å². The Hall–Kier alpha value is -3.34. The average Bonchev–Trinajstić information content (AvgIpc) is 3.23. The van der Waals surface area contributed by atoms with Crippen LogP contribution in [0.1, 0.15) is 27.2 Å². The van der Waals surface area contributed by atoms with E-state index in [0.717, 1.165) is 0 Å². The number of rotatable bonds is 5. The Morgan fingerprint density at radius 3 is 2.50 bits per heavy atom. The molecule has 0 aromatic heterocycles. The number of esters is 2. The van der Waals surface area contributed by atoms with Crippen LogP contribution in [0.5, 0.6) is 0 Å². The number of nitrogens with one attached hydrogen (secondary N) is 1. The van der Waals surface area contributed by atoms with Crippen molar-refractivity contribution in [3.05, 3.63) is 35.3 Å². The molecular weight excluding hydrogens is 449 g/mol. The van der Waals surface area contributed by atoms with Crippen molar-refractivity contribution in [3.63, 3.8) is 0 Å². The summed E-state index contributed by atoms with van der Waals surface area (Å²) >= 11 is 0. The van der Waals surface area contributed by atoms with E-state index in [0.29, 0.717) is 25.2 Å². The van der Waals surface area contributed by atoms with E-state index in [4.69, 9.17) is 18.9 Å². The summed E-state index contributed by atoms with van der Waals surface area (Å²) in [5.74, 6) is -2.04. The molecule has 0 radical (unpaired) electrons. The molecule has 186 valence electrons. The molecule has 1 N–H and O–H groups in total. The van der Waals surface area contributed by atoms with E-state index < -0.39 is 29.5 Å². The smallest absolute Gasteiger partial charge is 0.407 e. The first-order chi connectivity index (χ1) is 16.1. The highest BCUT2D eigenvalue weighted by Gasteiger charge is 2.36. The predicted octanol–water partition coefficient (Wildman–Crippen LogP) is 2.32. The van der Waals surface area contributed by atoms with E-state index in [2.05, 4.69) is 5.32 Å². The molecule has 34 heavy (non-hydrogen) atoms. The minimum Gasteiger partial charge on any atom is -0.466 e. The lowest BCUT2D eigenvalue weighted by Crippen LogP contribution is -2.41. The highest BCUT2D eigenvalue weighted by Crippen LogP contribution is 2.38. The van der Waals surface area contributed by atoms with E-state index >= 15 is 4.39 Å². The maximum atomic E-state index is 15.2. The molecule has 1 unspecified atom stereocenters. The van der Waals surface area contributed by atoms with Crippen LogP contribution < -0.4 is 15.1 Å². The van der Waals surface area contributed by atoms with Gasteiger partial charge in [-0.1, -0.05) is 6.07 Å². The molecule has 2 aliphatic rings. The van der Waals surface area contributed by atoms with E-state index in [1.54, 1.807) is 31.7 Å². The van der Waals surface area contributed by atoms with Gasteiger partial charge < -0.3 is 34.1 Å². The van der Waals surface area contributed by atoms with E-state index in [-0.39, 0.29) is 36.3 Å². The molecule has 1 aromatic carbocycles. The lowest BCUT2D eigenvalue weighted by Gasteiger charge is -2.34. The molecule has 1 saturated heterocycles. The SMILES string of the molecule is COC(=O)C1=C(C(=O)OC)N(c2cccc(F)c2N2CCC(NC(=O)OC(C)(C)C)C2)COC1. The number of carbonyl (C=O) groups is 3. The van der Waals surface area contributed by atoms with Crippen molar-refractivity contribution in [2.24, 2.45) is 0 Å². The van der Waals surface area contributed by atoms with Gasteiger partial charge in [-0.3, -0.25) is 0 Å². The van der Waals surface area contributed by atoms with Crippen LogP contribution >= 0.6 is 0 Å². The predicted molar refractivity (Wildman–Crippen MR) is 121 cm³/mol. The van der Waals surface area contributed by atoms with Gasteiger partial charge >= 0.3 is 18.0 Å². The van der Waals surface area contributed by atoms with Crippen LogP contribution in [0.3, 0.4) is 0 Å². The fourth-order valence-corrected chi connectivity index (χ4v) is 3.92. The first-order valence-corrected chi connectivity index (χ1v) is 10.8. The number of hydrogen-bond acceptors (Lipinski definition) is 9. The third-order valence-electron chi connectivity index (χ3n) is 5.31. The zero-order valence-corrected chi connectivity index (χ0v) is 20.0. The Morgan fingerprint density at radius 1 is 1.15 bits per heavy atom. The van der Waals surface area contributed by atoms with Crippen LogP contribution in [0.2, 0.25) is 0 Å². The number of para-hydroxylation sites is 1. The summed E-state index contributed by atoms with van der Waals surface area (Å²) in [5.41, 5.74) is -0.202. The fraction of sp³-hybridized carbons (Fsp3) is 0.522. The van der Waals surface area contributed by atoms with Gasteiger partial charge in [0, 0.05) is 13.1 Å². The molecule has 0 spiro atoms. The molecule has 2 heterocycles. The molecular formula is C23H30FN3O7. The molecule has 2 aliphatic heterocycles. The maximum absolute atomic E-state index is 15.2. The Balaban J connectivity index is 1.93. The lowest BCUT2D eigenvalue weighted by atomic mass is 10.1. The number of alkyl carbamates (subject to hydrolysis) is 1. The van der Waals surface area contributed by atoms with Crippen molar-refractivity contribution in [1.82, 2.24) is 5.32 Å². The Bertz CT molecular complexity index is 989. The molecule has 0 bridgehead atoms. The molecule has 3 rings (SSSR count). The number of halogens is 1. The largest absolute Gasteiger partial charge is 0.466 e. The van der Waals surface area contributed by atoms with Gasteiger partial charge in [0.25, 0.3) is 0 Å². The van der Waals surface area contributed by atoms with Crippen LogP contribution in [0.4, 0.5) is 20.6 Å². The molecule has 1 amide bonds. The maximum Gasteiger partial charge on any atom is 0.407 e. The van der Waals surface area contributed by atoms with E-state index in [9.17, 15) is 14.4 Å². The lowest BCUT2D eigenvalue weighted by molar-refractivity contribution is -0.140. The molecule has 11 heteroatoms. The normalized spacial score (nSPS) is 18.6. The number of anilines is 2. The van der Waals surface area contributed by atoms with Gasteiger partial charge in [0.15, 0.2) is 0 Å². The van der Waals surface area contributed by atoms with Gasteiger partial charge in [0.05, 0.1) is 43.8 Å². The number of benzene rings is 1. The zero-order valence-electron chi connectivity index (χ0n) is 20.0. The summed E-state index contributed by atoms with van der Waals surface area (Å²) < 4.78 is 35.7. The quantitative estimate of drug-likeness (QED) is 0.503. The molecule has 0 saturated carbocycles. The summed E-state index contributed by atoms with van der Waals surface area (Å²) in [6, 6.07) is 4.17. The zero-order chi connectivity index (χ0) is 25.0. The summed E-state index contributed by atoms with van der Waals surface area (Å²) in [4.78, 5) is 40.3. The summed E-state index contributed by atoms with van der Waals surface area (Å²) in [6.45, 7) is 5.84. The third kappa shape index (κ3) is 5.58. The Kier molecular flexibility index (Phi) is 7.65. The van der Waals surface area contributed by atoms with Gasteiger partial charge in [0.1, 0.15) is 23.8 Å². The minimum absolute atomic E-state index is 0.0262. The number of carbonyl (C=O) groups excluding carboxylic acids is 3. The highest BCUT2D eigenvalue weighted by molar-refractivity contribution is 6.04. The van der Waals surface area contributed by atoms with Gasteiger partial charge in [-0.15, -0.1) is 0 Å². The van der Waals surface area contributed by atoms with E-state index in [1.807, 2.05) is 0 Å². The van der Waals surface area contributed by atoms with Crippen LogP contribution in [0, 0.1) is 5.82 Å². The number of hydrogen-bond donors (Lipinski definition) is 1. The van der Waals surface area contributed by atoms with Gasteiger partial charge in [-0.25, -0.2) is 18.8 Å². The van der Waals surface area contributed by atoms with Crippen LogP contribution in [0.15, 0.2) is 29.5 Å².